The van der Waals surface area contributed by atoms with Gasteiger partial charge in [0.05, 0.1) is 0 Å². The van der Waals surface area contributed by atoms with Crippen molar-refractivity contribution in [3.63, 3.8) is 0 Å². The van der Waals surface area contributed by atoms with Gasteiger partial charge in [-0.15, -0.1) is 10.2 Å². The van der Waals surface area contributed by atoms with Crippen LogP contribution in [0, 0.1) is 0 Å². The van der Waals surface area contributed by atoms with Crippen molar-refractivity contribution in [3.8, 4) is 0 Å². The number of aromatic nitrogens is 3. The number of amides is 2. The molecule has 1 unspecified atom stereocenters. The summed E-state index contributed by atoms with van der Waals surface area (Å²) in [6.07, 6.45) is 4.06. The maximum Gasteiger partial charge on any atom is 0.251 e. The zero-order valence-corrected chi connectivity index (χ0v) is 18.9. The Bertz CT molecular complexity index is 1260. The number of nitrogens with zero attached hydrogens (tertiary/aromatic N) is 4. The molecule has 1 aliphatic rings. The zero-order chi connectivity index (χ0) is 23.3. The highest BCUT2D eigenvalue weighted by Crippen LogP contribution is 2.27. The monoisotopic (exact) mass is 453 g/mol. The van der Waals surface area contributed by atoms with Crippen molar-refractivity contribution in [2.75, 3.05) is 13.1 Å². The van der Waals surface area contributed by atoms with E-state index in [-0.39, 0.29) is 17.7 Å². The maximum absolute atomic E-state index is 13.6. The molecule has 172 valence electrons. The van der Waals surface area contributed by atoms with Crippen LogP contribution in [0.1, 0.15) is 40.5 Å². The first-order chi connectivity index (χ1) is 16.7. The number of likely N-dealkylation sites (tertiary alicyclic amines) is 1. The van der Waals surface area contributed by atoms with Crippen molar-refractivity contribution in [1.29, 1.82) is 0 Å². The van der Waals surface area contributed by atoms with Crippen molar-refractivity contribution in [2.24, 2.45) is 0 Å². The largest absolute Gasteiger partial charge is 0.341 e. The van der Waals surface area contributed by atoms with E-state index in [0.29, 0.717) is 25.1 Å². The first-order valence-electron chi connectivity index (χ1n) is 11.7. The van der Waals surface area contributed by atoms with Gasteiger partial charge in [0.2, 0.25) is 5.91 Å². The lowest BCUT2D eigenvalue weighted by molar-refractivity contribution is -0.134. The lowest BCUT2D eigenvalue weighted by Crippen LogP contribution is -2.51. The minimum atomic E-state index is -0.624. The Morgan fingerprint density at radius 3 is 2.29 bits per heavy atom. The highest BCUT2D eigenvalue weighted by atomic mass is 16.2. The van der Waals surface area contributed by atoms with E-state index in [1.165, 1.54) is 0 Å². The third kappa shape index (κ3) is 4.69. The van der Waals surface area contributed by atoms with Gasteiger partial charge in [-0.1, -0.05) is 54.6 Å². The average molecular weight is 454 g/mol. The summed E-state index contributed by atoms with van der Waals surface area (Å²) in [6, 6.07) is 24.1. The van der Waals surface area contributed by atoms with Crippen molar-refractivity contribution in [1.82, 2.24) is 24.8 Å². The van der Waals surface area contributed by atoms with Crippen molar-refractivity contribution in [3.05, 3.63) is 102 Å². The number of carbonyl (C=O) groups excluding carboxylic acids is 2. The maximum atomic E-state index is 13.6. The van der Waals surface area contributed by atoms with E-state index >= 15 is 0 Å². The molecule has 0 bridgehead atoms. The third-order valence-corrected chi connectivity index (χ3v) is 6.43. The minimum Gasteiger partial charge on any atom is -0.341 e. The minimum absolute atomic E-state index is 0.0438. The Balaban J connectivity index is 1.29. The summed E-state index contributed by atoms with van der Waals surface area (Å²) in [5.74, 6) is 0.909. The molecule has 0 saturated carbocycles. The van der Waals surface area contributed by atoms with Crippen LogP contribution in [0.3, 0.4) is 0 Å². The molecule has 0 spiro atoms. The summed E-state index contributed by atoms with van der Waals surface area (Å²) in [7, 11) is 0. The summed E-state index contributed by atoms with van der Waals surface area (Å²) in [6.45, 7) is 1.25. The van der Waals surface area contributed by atoms with E-state index in [1.54, 1.807) is 12.1 Å². The third-order valence-electron chi connectivity index (χ3n) is 6.43. The molecule has 34 heavy (non-hydrogen) atoms. The number of fused-ring (bicyclic) bond motifs is 1. The highest BCUT2D eigenvalue weighted by molar-refractivity contribution is 5.97. The van der Waals surface area contributed by atoms with E-state index in [2.05, 4.69) is 15.5 Å². The molecular formula is C27H27N5O2. The Morgan fingerprint density at radius 1 is 0.882 bits per heavy atom. The van der Waals surface area contributed by atoms with Crippen molar-refractivity contribution >= 4 is 17.5 Å². The second-order valence-corrected chi connectivity index (χ2v) is 8.67. The number of carbonyl (C=O) groups is 2. The predicted octanol–water partition coefficient (Wildman–Crippen LogP) is 3.48. The second kappa shape index (κ2) is 9.87. The Morgan fingerprint density at radius 2 is 1.56 bits per heavy atom. The second-order valence-electron chi connectivity index (χ2n) is 8.67. The number of rotatable bonds is 6. The van der Waals surface area contributed by atoms with E-state index in [0.717, 1.165) is 29.9 Å². The summed E-state index contributed by atoms with van der Waals surface area (Å²) in [4.78, 5) is 28.3. The van der Waals surface area contributed by atoms with Crippen LogP contribution in [0.15, 0.2) is 85.1 Å². The smallest absolute Gasteiger partial charge is 0.251 e. The van der Waals surface area contributed by atoms with E-state index in [1.807, 2.05) is 82.2 Å². The van der Waals surface area contributed by atoms with Gasteiger partial charge in [0.25, 0.3) is 5.91 Å². The molecule has 7 nitrogen and oxygen atoms in total. The van der Waals surface area contributed by atoms with E-state index < -0.39 is 6.04 Å². The SMILES string of the molecule is O=C(NC(Cc1ccccc1)C(=O)N1CCC(c2nnc3ccccn23)CC1)c1ccccc1. The molecule has 1 aliphatic heterocycles. The lowest BCUT2D eigenvalue weighted by Gasteiger charge is -2.34. The average Bonchev–Trinajstić information content (AvgIpc) is 3.33. The molecule has 5 rings (SSSR count). The zero-order valence-electron chi connectivity index (χ0n) is 18.9. The number of hydrogen-bond donors (Lipinski definition) is 1. The molecule has 2 amide bonds. The molecule has 1 N–H and O–H groups in total. The van der Waals surface area contributed by atoms with Crippen LogP contribution in [-0.2, 0) is 11.2 Å². The molecule has 0 aliphatic carbocycles. The number of benzene rings is 2. The molecule has 1 atom stereocenters. The summed E-state index contributed by atoms with van der Waals surface area (Å²) in [5, 5.41) is 11.7. The van der Waals surface area contributed by atoms with Crippen LogP contribution in [0.25, 0.3) is 5.65 Å². The molecule has 0 radical (unpaired) electrons. The van der Waals surface area contributed by atoms with Crippen molar-refractivity contribution in [2.45, 2.75) is 31.2 Å². The highest BCUT2D eigenvalue weighted by Gasteiger charge is 2.31. The van der Waals surface area contributed by atoms with Gasteiger partial charge in [-0.05, 0) is 42.7 Å². The van der Waals surface area contributed by atoms with Crippen LogP contribution in [0.4, 0.5) is 0 Å². The standard InChI is InChI=1S/C27H27N5O2/c33-26(22-11-5-2-6-12-22)28-23(19-20-9-3-1-4-10-20)27(34)31-17-14-21(15-18-31)25-30-29-24-13-7-8-16-32(24)25/h1-13,16,21,23H,14-15,17-19H2,(H,28,33). The van der Waals surface area contributed by atoms with Gasteiger partial charge in [-0.25, -0.2) is 0 Å². The van der Waals surface area contributed by atoms with Gasteiger partial charge in [-0.3, -0.25) is 14.0 Å². The molecule has 1 saturated heterocycles. The van der Waals surface area contributed by atoms with Crippen LogP contribution >= 0.6 is 0 Å². The predicted molar refractivity (Wildman–Crippen MR) is 129 cm³/mol. The molecular weight excluding hydrogens is 426 g/mol. The number of pyridine rings is 1. The van der Waals surface area contributed by atoms with Gasteiger partial charge < -0.3 is 10.2 Å². The van der Waals surface area contributed by atoms with Gasteiger partial charge in [0.15, 0.2) is 5.65 Å². The van der Waals surface area contributed by atoms with Crippen LogP contribution in [-0.4, -0.2) is 50.4 Å². The van der Waals surface area contributed by atoms with Crippen LogP contribution in [0.2, 0.25) is 0 Å². The quantitative estimate of drug-likeness (QED) is 0.485. The van der Waals surface area contributed by atoms with Gasteiger partial charge in [0.1, 0.15) is 11.9 Å². The van der Waals surface area contributed by atoms with Crippen molar-refractivity contribution < 1.29 is 9.59 Å². The number of nitrogens with one attached hydrogen (secondary N) is 1. The van der Waals surface area contributed by atoms with E-state index in [9.17, 15) is 9.59 Å². The molecule has 1 fully saturated rings. The van der Waals surface area contributed by atoms with Crippen LogP contribution < -0.4 is 5.32 Å². The topological polar surface area (TPSA) is 79.6 Å². The Hall–Kier alpha value is -4.00. The Labute approximate surface area is 198 Å². The summed E-state index contributed by atoms with van der Waals surface area (Å²) in [5.41, 5.74) is 2.40. The Kier molecular flexibility index (Phi) is 6.33. The molecule has 7 heteroatoms. The fraction of sp³-hybridized carbons (Fsp3) is 0.259. The fourth-order valence-corrected chi connectivity index (χ4v) is 4.60. The van der Waals surface area contributed by atoms with Gasteiger partial charge in [0, 0.05) is 37.2 Å². The first kappa shape index (κ1) is 21.8. The number of hydrogen-bond acceptors (Lipinski definition) is 4. The van der Waals surface area contributed by atoms with Crippen LogP contribution in [0.5, 0.6) is 0 Å². The fourth-order valence-electron chi connectivity index (χ4n) is 4.60. The summed E-state index contributed by atoms with van der Waals surface area (Å²) >= 11 is 0. The molecule has 4 aromatic rings. The molecule has 3 heterocycles. The first-order valence-corrected chi connectivity index (χ1v) is 11.7. The summed E-state index contributed by atoms with van der Waals surface area (Å²) < 4.78 is 2.03. The van der Waals surface area contributed by atoms with Gasteiger partial charge >= 0.3 is 0 Å². The molecule has 2 aromatic carbocycles. The lowest BCUT2D eigenvalue weighted by atomic mass is 9.94. The van der Waals surface area contributed by atoms with Gasteiger partial charge in [-0.2, -0.15) is 0 Å². The normalized spacial score (nSPS) is 15.2. The van der Waals surface area contributed by atoms with E-state index in [4.69, 9.17) is 0 Å². The molecule has 2 aromatic heterocycles. The number of piperidine rings is 1.